The molecule has 0 radical (unpaired) electrons. The smallest absolute Gasteiger partial charge is 0.407 e. The van der Waals surface area contributed by atoms with Gasteiger partial charge in [-0.25, -0.2) is 4.79 Å². The second kappa shape index (κ2) is 7.73. The van der Waals surface area contributed by atoms with Crippen molar-refractivity contribution in [1.82, 2.24) is 15.5 Å². The normalized spacial score (nSPS) is 26.9. The maximum Gasteiger partial charge on any atom is 0.407 e. The summed E-state index contributed by atoms with van der Waals surface area (Å²) in [5, 5.41) is 6.09. The molecule has 0 aromatic carbocycles. The van der Waals surface area contributed by atoms with Crippen LogP contribution in [0, 0.1) is 0 Å². The molecule has 2 amide bonds. The Morgan fingerprint density at radius 3 is 3.05 bits per heavy atom. The second-order valence-electron chi connectivity index (χ2n) is 5.07. The first-order valence-electron chi connectivity index (χ1n) is 7.24. The van der Waals surface area contributed by atoms with E-state index >= 15 is 0 Å². The molecule has 6 nitrogen and oxygen atoms in total. The molecule has 2 atom stereocenters. The van der Waals surface area contributed by atoms with Gasteiger partial charge in [-0.2, -0.15) is 11.8 Å². The predicted octanol–water partition coefficient (Wildman–Crippen LogP) is 0.429. The summed E-state index contributed by atoms with van der Waals surface area (Å²) in [6, 6.07) is -0.0712. The van der Waals surface area contributed by atoms with Gasteiger partial charge in [0.2, 0.25) is 5.91 Å². The number of carbonyl (C=O) groups is 2. The summed E-state index contributed by atoms with van der Waals surface area (Å²) < 4.78 is 4.89. The highest BCUT2D eigenvalue weighted by atomic mass is 32.2. The van der Waals surface area contributed by atoms with Gasteiger partial charge in [0.1, 0.15) is 0 Å². The van der Waals surface area contributed by atoms with E-state index in [9.17, 15) is 9.59 Å². The van der Waals surface area contributed by atoms with E-state index in [1.54, 1.807) is 6.92 Å². The number of amides is 2. The van der Waals surface area contributed by atoms with E-state index in [0.717, 1.165) is 37.4 Å². The molecular weight excluding hydrogens is 278 g/mol. The van der Waals surface area contributed by atoms with Gasteiger partial charge in [0.05, 0.1) is 12.6 Å². The van der Waals surface area contributed by atoms with Gasteiger partial charge in [0.25, 0.3) is 0 Å². The molecule has 0 saturated carbocycles. The molecule has 2 aliphatic heterocycles. The number of ether oxygens (including phenoxy) is 1. The van der Waals surface area contributed by atoms with Crippen LogP contribution in [0.4, 0.5) is 4.79 Å². The van der Waals surface area contributed by atoms with Crippen LogP contribution in [0.25, 0.3) is 0 Å². The quantitative estimate of drug-likeness (QED) is 0.791. The van der Waals surface area contributed by atoms with Gasteiger partial charge >= 0.3 is 6.09 Å². The number of nitrogens with zero attached hydrogens (tertiary/aromatic N) is 1. The number of hydrogen-bond acceptors (Lipinski definition) is 5. The first-order valence-corrected chi connectivity index (χ1v) is 8.39. The molecule has 2 fully saturated rings. The SMILES string of the molecule is CCOC(=O)NC1CCCN(C(=O)C2CSCCN2)C1. The zero-order chi connectivity index (χ0) is 14.4. The van der Waals surface area contributed by atoms with Crippen molar-refractivity contribution in [1.29, 1.82) is 0 Å². The maximum atomic E-state index is 12.4. The predicted molar refractivity (Wildman–Crippen MR) is 78.9 cm³/mol. The minimum absolute atomic E-state index is 0.00277. The highest BCUT2D eigenvalue weighted by molar-refractivity contribution is 7.99. The highest BCUT2D eigenvalue weighted by Gasteiger charge is 2.30. The van der Waals surface area contributed by atoms with E-state index < -0.39 is 6.09 Å². The number of hydrogen-bond donors (Lipinski definition) is 2. The zero-order valence-corrected chi connectivity index (χ0v) is 12.7. The van der Waals surface area contributed by atoms with E-state index in [2.05, 4.69) is 10.6 Å². The largest absolute Gasteiger partial charge is 0.450 e. The summed E-state index contributed by atoms with van der Waals surface area (Å²) >= 11 is 1.81. The molecule has 0 bridgehead atoms. The van der Waals surface area contributed by atoms with E-state index in [1.807, 2.05) is 16.7 Å². The number of thioether (sulfide) groups is 1. The molecule has 2 rings (SSSR count). The van der Waals surface area contributed by atoms with Gasteiger partial charge in [-0.1, -0.05) is 0 Å². The van der Waals surface area contributed by atoms with Crippen LogP contribution in [0.2, 0.25) is 0 Å². The fourth-order valence-electron chi connectivity index (χ4n) is 2.58. The van der Waals surface area contributed by atoms with Gasteiger partial charge in [-0.3, -0.25) is 4.79 Å². The fraction of sp³-hybridized carbons (Fsp3) is 0.846. The van der Waals surface area contributed by atoms with Crippen molar-refractivity contribution in [2.45, 2.75) is 31.8 Å². The minimum Gasteiger partial charge on any atom is -0.450 e. The molecule has 2 unspecified atom stereocenters. The van der Waals surface area contributed by atoms with Gasteiger partial charge in [0, 0.05) is 37.2 Å². The number of alkyl carbamates (subject to hydrolysis) is 1. The first-order chi connectivity index (χ1) is 9.70. The van der Waals surface area contributed by atoms with Crippen molar-refractivity contribution >= 4 is 23.8 Å². The Balaban J connectivity index is 1.82. The molecule has 2 aliphatic rings. The average Bonchev–Trinajstić information content (AvgIpc) is 2.48. The van der Waals surface area contributed by atoms with Crippen LogP contribution in [-0.4, -0.2) is 66.7 Å². The van der Waals surface area contributed by atoms with Gasteiger partial charge in [0.15, 0.2) is 0 Å². The van der Waals surface area contributed by atoms with Crippen LogP contribution in [0.15, 0.2) is 0 Å². The second-order valence-corrected chi connectivity index (χ2v) is 6.22. The third kappa shape index (κ3) is 4.28. The number of piperidine rings is 1. The van der Waals surface area contributed by atoms with Crippen molar-refractivity contribution in [3.8, 4) is 0 Å². The lowest BCUT2D eigenvalue weighted by molar-refractivity contribution is -0.134. The summed E-state index contributed by atoms with van der Waals surface area (Å²) in [6.45, 7) is 4.40. The first kappa shape index (κ1) is 15.4. The molecular formula is C13H23N3O3S. The van der Waals surface area contributed by atoms with Crippen molar-refractivity contribution in [2.75, 3.05) is 37.7 Å². The molecule has 2 heterocycles. The van der Waals surface area contributed by atoms with Crippen molar-refractivity contribution < 1.29 is 14.3 Å². The molecule has 20 heavy (non-hydrogen) atoms. The van der Waals surface area contributed by atoms with Crippen LogP contribution >= 0.6 is 11.8 Å². The lowest BCUT2D eigenvalue weighted by Gasteiger charge is -2.36. The Morgan fingerprint density at radius 1 is 1.50 bits per heavy atom. The summed E-state index contributed by atoms with van der Waals surface area (Å²) in [4.78, 5) is 25.7. The summed E-state index contributed by atoms with van der Waals surface area (Å²) in [5.41, 5.74) is 0. The lowest BCUT2D eigenvalue weighted by Crippen LogP contribution is -2.56. The standard InChI is InChI=1S/C13H23N3O3S/c1-2-19-13(18)15-10-4-3-6-16(8-10)12(17)11-9-20-7-5-14-11/h10-11,14H,2-9H2,1H3,(H,15,18). The molecule has 114 valence electrons. The molecule has 0 aliphatic carbocycles. The van der Waals surface area contributed by atoms with Crippen molar-refractivity contribution in [3.05, 3.63) is 0 Å². The third-order valence-electron chi connectivity index (χ3n) is 3.55. The van der Waals surface area contributed by atoms with Crippen LogP contribution in [0.5, 0.6) is 0 Å². The minimum atomic E-state index is -0.391. The van der Waals surface area contributed by atoms with Crippen molar-refractivity contribution in [2.24, 2.45) is 0 Å². The zero-order valence-electron chi connectivity index (χ0n) is 11.9. The topological polar surface area (TPSA) is 70.7 Å². The van der Waals surface area contributed by atoms with Gasteiger partial charge in [-0.05, 0) is 19.8 Å². The lowest BCUT2D eigenvalue weighted by atomic mass is 10.0. The number of carbonyl (C=O) groups excluding carboxylic acids is 2. The maximum absolute atomic E-state index is 12.4. The van der Waals surface area contributed by atoms with Crippen LogP contribution in [0.3, 0.4) is 0 Å². The Labute approximate surface area is 124 Å². The third-order valence-corrected chi connectivity index (χ3v) is 4.61. The Kier molecular flexibility index (Phi) is 5.97. The Hall–Kier alpha value is -0.950. The van der Waals surface area contributed by atoms with E-state index in [1.165, 1.54) is 0 Å². The monoisotopic (exact) mass is 301 g/mol. The van der Waals surface area contributed by atoms with E-state index in [0.29, 0.717) is 13.2 Å². The summed E-state index contributed by atoms with van der Waals surface area (Å²) in [6.07, 6.45) is 1.43. The van der Waals surface area contributed by atoms with E-state index in [-0.39, 0.29) is 18.0 Å². The number of likely N-dealkylation sites (tertiary alicyclic amines) is 1. The van der Waals surface area contributed by atoms with Gasteiger partial charge in [-0.15, -0.1) is 0 Å². The fourth-order valence-corrected chi connectivity index (χ4v) is 3.50. The number of rotatable bonds is 3. The molecule has 0 aromatic rings. The molecule has 0 spiro atoms. The summed E-state index contributed by atoms with van der Waals surface area (Å²) in [7, 11) is 0. The highest BCUT2D eigenvalue weighted by Crippen LogP contribution is 2.15. The van der Waals surface area contributed by atoms with Gasteiger partial charge < -0.3 is 20.3 Å². The molecule has 2 N–H and O–H groups in total. The van der Waals surface area contributed by atoms with Crippen LogP contribution < -0.4 is 10.6 Å². The van der Waals surface area contributed by atoms with Crippen LogP contribution in [0.1, 0.15) is 19.8 Å². The van der Waals surface area contributed by atoms with Crippen molar-refractivity contribution in [3.63, 3.8) is 0 Å². The molecule has 7 heteroatoms. The Morgan fingerprint density at radius 2 is 2.35 bits per heavy atom. The molecule has 0 aromatic heterocycles. The number of nitrogens with one attached hydrogen (secondary N) is 2. The molecule has 2 saturated heterocycles. The van der Waals surface area contributed by atoms with Crippen LogP contribution in [-0.2, 0) is 9.53 Å². The Bertz CT molecular complexity index is 348. The van der Waals surface area contributed by atoms with E-state index in [4.69, 9.17) is 4.74 Å². The average molecular weight is 301 g/mol. The summed E-state index contributed by atoms with van der Waals surface area (Å²) in [5.74, 6) is 2.06.